The van der Waals surface area contributed by atoms with Crippen molar-refractivity contribution in [3.05, 3.63) is 35.1 Å². The van der Waals surface area contributed by atoms with Crippen LogP contribution in [0.15, 0.2) is 12.1 Å². The molecule has 2 atom stereocenters. The Balaban J connectivity index is 2.43. The molecule has 2 unspecified atom stereocenters. The number of halogens is 3. The molecule has 0 aromatic heterocycles. The summed E-state index contributed by atoms with van der Waals surface area (Å²) < 4.78 is 44.4. The molecule has 0 spiro atoms. The third-order valence-corrected chi connectivity index (χ3v) is 3.13. The summed E-state index contributed by atoms with van der Waals surface area (Å²) in [6.07, 6.45) is -1.34. The van der Waals surface area contributed by atoms with E-state index in [1.807, 2.05) is 6.07 Å². The van der Waals surface area contributed by atoms with Crippen LogP contribution in [0.4, 0.5) is 13.2 Å². The van der Waals surface area contributed by atoms with Crippen LogP contribution in [0, 0.1) is 34.2 Å². The molecule has 0 bridgehead atoms. The van der Waals surface area contributed by atoms with Crippen LogP contribution < -0.4 is 0 Å². The zero-order valence-corrected chi connectivity index (χ0v) is 9.29. The molecule has 0 aliphatic carbocycles. The molecule has 6 heteroatoms. The lowest BCUT2D eigenvalue weighted by molar-refractivity contribution is 0.0474. The zero-order chi connectivity index (χ0) is 13.3. The van der Waals surface area contributed by atoms with Crippen molar-refractivity contribution in [1.82, 2.24) is 0 Å². The minimum Gasteiger partial charge on any atom is -0.387 e. The molecule has 0 saturated carbocycles. The van der Waals surface area contributed by atoms with Crippen molar-refractivity contribution in [2.24, 2.45) is 5.41 Å². The lowest BCUT2D eigenvalue weighted by atomic mass is 9.79. The first-order valence-electron chi connectivity index (χ1n) is 5.32. The van der Waals surface area contributed by atoms with E-state index in [-0.39, 0.29) is 19.6 Å². The summed E-state index contributed by atoms with van der Waals surface area (Å²) in [5.41, 5.74) is -1.74. The summed E-state index contributed by atoms with van der Waals surface area (Å²) in [6, 6.07) is 2.81. The minimum atomic E-state index is -1.56. The second kappa shape index (κ2) is 4.59. The summed E-state index contributed by atoms with van der Waals surface area (Å²) in [7, 11) is 0. The van der Waals surface area contributed by atoms with Crippen LogP contribution in [0.2, 0.25) is 0 Å². The average molecular weight is 257 g/mol. The monoisotopic (exact) mass is 257 g/mol. The van der Waals surface area contributed by atoms with E-state index in [0.717, 1.165) is 0 Å². The molecular formula is C12H10F3NO2. The number of nitriles is 1. The lowest BCUT2D eigenvalue weighted by Crippen LogP contribution is -2.28. The van der Waals surface area contributed by atoms with Crippen LogP contribution in [0.5, 0.6) is 0 Å². The van der Waals surface area contributed by atoms with Gasteiger partial charge in [-0.25, -0.2) is 13.2 Å². The van der Waals surface area contributed by atoms with Crippen molar-refractivity contribution >= 4 is 0 Å². The lowest BCUT2D eigenvalue weighted by Gasteiger charge is -2.25. The second-order valence-corrected chi connectivity index (χ2v) is 4.26. The number of nitrogens with zero attached hydrogens (tertiary/aromatic N) is 1. The van der Waals surface area contributed by atoms with Crippen molar-refractivity contribution in [2.45, 2.75) is 12.5 Å². The highest BCUT2D eigenvalue weighted by atomic mass is 19.2. The van der Waals surface area contributed by atoms with Crippen LogP contribution in [-0.2, 0) is 4.74 Å². The second-order valence-electron chi connectivity index (χ2n) is 4.26. The van der Waals surface area contributed by atoms with Gasteiger partial charge in [0.2, 0.25) is 0 Å². The fourth-order valence-corrected chi connectivity index (χ4v) is 1.99. The van der Waals surface area contributed by atoms with Gasteiger partial charge in [-0.3, -0.25) is 0 Å². The van der Waals surface area contributed by atoms with Crippen LogP contribution in [0.1, 0.15) is 18.1 Å². The summed E-state index contributed by atoms with van der Waals surface area (Å²) in [5, 5.41) is 19.1. The van der Waals surface area contributed by atoms with Gasteiger partial charge in [0.15, 0.2) is 11.6 Å². The van der Waals surface area contributed by atoms with Crippen molar-refractivity contribution in [3.8, 4) is 6.07 Å². The maximum Gasteiger partial charge on any atom is 0.161 e. The highest BCUT2D eigenvalue weighted by molar-refractivity contribution is 5.27. The van der Waals surface area contributed by atoms with Crippen LogP contribution in [0.25, 0.3) is 0 Å². The minimum absolute atomic E-state index is 0.0664. The fourth-order valence-electron chi connectivity index (χ4n) is 1.99. The molecule has 2 rings (SSSR count). The Kier molecular flexibility index (Phi) is 3.28. The normalized spacial score (nSPS) is 24.8. The Morgan fingerprint density at radius 1 is 1.28 bits per heavy atom. The van der Waals surface area contributed by atoms with Crippen LogP contribution >= 0.6 is 0 Å². The molecule has 0 amide bonds. The number of aliphatic hydroxyl groups excluding tert-OH is 1. The smallest absolute Gasteiger partial charge is 0.161 e. The number of rotatable bonds is 2. The summed E-state index contributed by atoms with van der Waals surface area (Å²) in [6.45, 7) is 0.193. The molecule has 1 aliphatic rings. The summed E-state index contributed by atoms with van der Waals surface area (Å²) >= 11 is 0. The Labute approximate surface area is 101 Å². The molecule has 1 fully saturated rings. The predicted molar refractivity (Wildman–Crippen MR) is 54.8 cm³/mol. The first kappa shape index (κ1) is 12.9. The van der Waals surface area contributed by atoms with E-state index >= 15 is 0 Å². The van der Waals surface area contributed by atoms with Gasteiger partial charge in [0.1, 0.15) is 17.3 Å². The number of hydrogen-bond donors (Lipinski definition) is 1. The Hall–Kier alpha value is -1.58. The van der Waals surface area contributed by atoms with Crippen molar-refractivity contribution in [1.29, 1.82) is 5.26 Å². The molecule has 1 aromatic carbocycles. The maximum atomic E-state index is 13.5. The van der Waals surface area contributed by atoms with E-state index in [0.29, 0.717) is 12.1 Å². The van der Waals surface area contributed by atoms with E-state index < -0.39 is 34.5 Å². The predicted octanol–water partition coefficient (Wildman–Crippen LogP) is 2.07. The van der Waals surface area contributed by atoms with Crippen molar-refractivity contribution < 1.29 is 23.0 Å². The largest absolute Gasteiger partial charge is 0.387 e. The number of ether oxygens (including phenoxy) is 1. The Morgan fingerprint density at radius 3 is 2.50 bits per heavy atom. The topological polar surface area (TPSA) is 53.2 Å². The van der Waals surface area contributed by atoms with E-state index in [9.17, 15) is 18.3 Å². The first-order valence-corrected chi connectivity index (χ1v) is 5.32. The molecule has 1 heterocycles. The highest BCUT2D eigenvalue weighted by Gasteiger charge is 2.44. The molecule has 1 N–H and O–H groups in total. The number of benzene rings is 1. The zero-order valence-electron chi connectivity index (χ0n) is 9.29. The molecule has 18 heavy (non-hydrogen) atoms. The SMILES string of the molecule is N#CC1(C(O)c2cc(F)c(F)cc2F)CCOC1. The summed E-state index contributed by atoms with van der Waals surface area (Å²) in [5.74, 6) is -3.68. The number of aliphatic hydroxyl groups is 1. The van der Waals surface area contributed by atoms with Gasteiger partial charge in [-0.05, 0) is 12.5 Å². The molecule has 3 nitrogen and oxygen atoms in total. The van der Waals surface area contributed by atoms with Gasteiger partial charge >= 0.3 is 0 Å². The Bertz CT molecular complexity index is 507. The van der Waals surface area contributed by atoms with Gasteiger partial charge in [0.05, 0.1) is 12.7 Å². The fraction of sp³-hybridized carbons (Fsp3) is 0.417. The van der Waals surface area contributed by atoms with Crippen molar-refractivity contribution in [2.75, 3.05) is 13.2 Å². The van der Waals surface area contributed by atoms with Crippen molar-refractivity contribution in [3.63, 3.8) is 0 Å². The molecule has 1 aromatic rings. The van der Waals surface area contributed by atoms with Gasteiger partial charge in [-0.15, -0.1) is 0 Å². The van der Waals surface area contributed by atoms with Gasteiger partial charge in [-0.2, -0.15) is 5.26 Å². The van der Waals surface area contributed by atoms with E-state index in [2.05, 4.69) is 0 Å². The van der Waals surface area contributed by atoms with Gasteiger partial charge in [0, 0.05) is 18.2 Å². The summed E-state index contributed by atoms with van der Waals surface area (Å²) in [4.78, 5) is 0. The van der Waals surface area contributed by atoms with Gasteiger partial charge < -0.3 is 9.84 Å². The van der Waals surface area contributed by atoms with E-state index in [1.165, 1.54) is 0 Å². The Morgan fingerprint density at radius 2 is 1.94 bits per heavy atom. The first-order chi connectivity index (χ1) is 8.50. The molecule has 96 valence electrons. The molecule has 1 saturated heterocycles. The standard InChI is InChI=1S/C12H10F3NO2/c13-8-4-10(15)9(14)3-7(8)11(17)12(5-16)1-2-18-6-12/h3-4,11,17H,1-2,6H2. The highest BCUT2D eigenvalue weighted by Crippen LogP contribution is 2.41. The average Bonchev–Trinajstić information content (AvgIpc) is 2.83. The van der Waals surface area contributed by atoms with Gasteiger partial charge in [0.25, 0.3) is 0 Å². The van der Waals surface area contributed by atoms with Crippen LogP contribution in [-0.4, -0.2) is 18.3 Å². The van der Waals surface area contributed by atoms with E-state index in [4.69, 9.17) is 10.00 Å². The molecule has 1 aliphatic heterocycles. The quantitative estimate of drug-likeness (QED) is 0.825. The third-order valence-electron chi connectivity index (χ3n) is 3.13. The van der Waals surface area contributed by atoms with E-state index in [1.54, 1.807) is 0 Å². The molecule has 0 radical (unpaired) electrons. The number of hydrogen-bond acceptors (Lipinski definition) is 3. The van der Waals surface area contributed by atoms with Crippen LogP contribution in [0.3, 0.4) is 0 Å². The maximum absolute atomic E-state index is 13.5. The molecular weight excluding hydrogens is 247 g/mol. The third kappa shape index (κ3) is 1.96. The van der Waals surface area contributed by atoms with Gasteiger partial charge in [-0.1, -0.05) is 0 Å².